The van der Waals surface area contributed by atoms with Gasteiger partial charge in [-0.15, -0.1) is 22.7 Å². The van der Waals surface area contributed by atoms with Crippen LogP contribution in [-0.4, -0.2) is 27.1 Å². The molecule has 6 heteroatoms. The first-order valence-corrected chi connectivity index (χ1v) is 10.4. The number of fused-ring (bicyclic) bond motifs is 1. The van der Waals surface area contributed by atoms with Gasteiger partial charge in [0.05, 0.1) is 12.2 Å². The van der Waals surface area contributed by atoms with Crippen molar-refractivity contribution in [2.75, 3.05) is 6.54 Å². The Hall–Kier alpha value is -1.92. The summed E-state index contributed by atoms with van der Waals surface area (Å²) in [7, 11) is 1.93. The standard InChI is InChI=1S/C19H19N3OS2/c1-21-11-12(10-20-21)14-9-15(14)19(23)22-6-4-16-13(5-8-25-16)18(22)17-3-2-7-24-17/h2-3,5,7-8,10-11,14-15,18H,4,6,9H2,1H3/t14-,15-,18-/m0/s1. The molecule has 1 amide bonds. The molecule has 0 N–H and O–H groups in total. The summed E-state index contributed by atoms with van der Waals surface area (Å²) in [6.07, 6.45) is 5.88. The van der Waals surface area contributed by atoms with Gasteiger partial charge in [-0.25, -0.2) is 0 Å². The van der Waals surface area contributed by atoms with Crippen LogP contribution < -0.4 is 0 Å². The van der Waals surface area contributed by atoms with Crippen LogP contribution in [0.15, 0.2) is 41.4 Å². The molecule has 0 aromatic carbocycles. The molecule has 0 saturated heterocycles. The van der Waals surface area contributed by atoms with Crippen LogP contribution in [0, 0.1) is 5.92 Å². The van der Waals surface area contributed by atoms with Gasteiger partial charge in [-0.2, -0.15) is 5.10 Å². The molecule has 4 heterocycles. The molecule has 0 bridgehead atoms. The third-order valence-electron chi connectivity index (χ3n) is 5.32. The number of aromatic nitrogens is 2. The van der Waals surface area contributed by atoms with Crippen LogP contribution in [0.25, 0.3) is 0 Å². The van der Waals surface area contributed by atoms with Crippen LogP contribution in [0.2, 0.25) is 0 Å². The van der Waals surface area contributed by atoms with Gasteiger partial charge in [0.25, 0.3) is 0 Å². The van der Waals surface area contributed by atoms with E-state index >= 15 is 0 Å². The highest BCUT2D eigenvalue weighted by Gasteiger charge is 2.48. The lowest BCUT2D eigenvalue weighted by Crippen LogP contribution is -2.40. The van der Waals surface area contributed by atoms with Gasteiger partial charge in [-0.1, -0.05) is 6.07 Å². The molecule has 5 rings (SSSR count). The second-order valence-corrected chi connectivity index (χ2v) is 8.87. The fourth-order valence-electron chi connectivity index (χ4n) is 3.99. The van der Waals surface area contributed by atoms with Gasteiger partial charge in [-0.05, 0) is 52.8 Å². The summed E-state index contributed by atoms with van der Waals surface area (Å²) in [4.78, 5) is 18.1. The average molecular weight is 370 g/mol. The number of amides is 1. The zero-order valence-electron chi connectivity index (χ0n) is 14.0. The summed E-state index contributed by atoms with van der Waals surface area (Å²) >= 11 is 3.57. The molecule has 2 aliphatic rings. The van der Waals surface area contributed by atoms with Gasteiger partial charge in [0, 0.05) is 35.5 Å². The van der Waals surface area contributed by atoms with E-state index < -0.39 is 0 Å². The summed E-state index contributed by atoms with van der Waals surface area (Å²) < 4.78 is 1.82. The van der Waals surface area contributed by atoms with Crippen molar-refractivity contribution in [1.29, 1.82) is 0 Å². The lowest BCUT2D eigenvalue weighted by Gasteiger charge is -2.35. The maximum atomic E-state index is 13.3. The molecule has 1 saturated carbocycles. The minimum atomic E-state index is 0.0950. The summed E-state index contributed by atoms with van der Waals surface area (Å²) in [5.41, 5.74) is 2.52. The van der Waals surface area contributed by atoms with E-state index in [4.69, 9.17) is 0 Å². The number of thiophene rings is 2. The fourth-order valence-corrected chi connectivity index (χ4v) is 5.75. The van der Waals surface area contributed by atoms with Gasteiger partial charge >= 0.3 is 0 Å². The second-order valence-electron chi connectivity index (χ2n) is 6.89. The Balaban J connectivity index is 1.44. The van der Waals surface area contributed by atoms with E-state index in [9.17, 15) is 4.79 Å². The lowest BCUT2D eigenvalue weighted by atomic mass is 9.97. The van der Waals surface area contributed by atoms with Crippen LogP contribution in [0.5, 0.6) is 0 Å². The molecular weight excluding hydrogens is 350 g/mol. The topological polar surface area (TPSA) is 38.1 Å². The van der Waals surface area contributed by atoms with Crippen molar-refractivity contribution in [3.63, 3.8) is 0 Å². The first-order chi connectivity index (χ1) is 12.2. The highest BCUT2D eigenvalue weighted by Crippen LogP contribution is 2.50. The predicted molar refractivity (Wildman–Crippen MR) is 100.0 cm³/mol. The van der Waals surface area contributed by atoms with Gasteiger partial charge in [0.2, 0.25) is 5.91 Å². The molecule has 3 aromatic heterocycles. The van der Waals surface area contributed by atoms with Crippen molar-refractivity contribution in [2.24, 2.45) is 13.0 Å². The Morgan fingerprint density at radius 2 is 2.20 bits per heavy atom. The summed E-state index contributed by atoms with van der Waals surface area (Å²) in [5, 5.41) is 8.52. The maximum absolute atomic E-state index is 13.3. The molecule has 0 radical (unpaired) electrons. The van der Waals surface area contributed by atoms with Crippen molar-refractivity contribution in [3.8, 4) is 0 Å². The van der Waals surface area contributed by atoms with Crippen LogP contribution in [0.3, 0.4) is 0 Å². The Morgan fingerprint density at radius 3 is 2.96 bits per heavy atom. The molecule has 1 aliphatic carbocycles. The number of carbonyl (C=O) groups is 1. The Kier molecular flexibility index (Phi) is 3.57. The lowest BCUT2D eigenvalue weighted by molar-refractivity contribution is -0.134. The summed E-state index contributed by atoms with van der Waals surface area (Å²) in [6.45, 7) is 0.825. The number of hydrogen-bond acceptors (Lipinski definition) is 4. The van der Waals surface area contributed by atoms with E-state index in [1.165, 1.54) is 20.9 Å². The van der Waals surface area contributed by atoms with Crippen LogP contribution in [0.4, 0.5) is 0 Å². The molecule has 1 aliphatic heterocycles. The summed E-state index contributed by atoms with van der Waals surface area (Å²) in [5.74, 6) is 0.769. The number of carbonyl (C=O) groups excluding carboxylic acids is 1. The molecule has 1 fully saturated rings. The third kappa shape index (κ3) is 2.55. The van der Waals surface area contributed by atoms with Crippen molar-refractivity contribution in [1.82, 2.24) is 14.7 Å². The Morgan fingerprint density at radius 1 is 1.28 bits per heavy atom. The monoisotopic (exact) mass is 369 g/mol. The van der Waals surface area contributed by atoms with E-state index in [0.29, 0.717) is 11.8 Å². The van der Waals surface area contributed by atoms with Crippen molar-refractivity contribution in [3.05, 3.63) is 62.2 Å². The van der Waals surface area contributed by atoms with Gasteiger partial charge in [-0.3, -0.25) is 9.48 Å². The minimum absolute atomic E-state index is 0.0950. The Labute approximate surface area is 154 Å². The normalized spacial score (nSPS) is 25.0. The predicted octanol–water partition coefficient (Wildman–Crippen LogP) is 3.82. The molecule has 25 heavy (non-hydrogen) atoms. The van der Waals surface area contributed by atoms with Crippen molar-refractivity contribution >= 4 is 28.6 Å². The van der Waals surface area contributed by atoms with E-state index in [2.05, 4.69) is 39.0 Å². The summed E-state index contributed by atoms with van der Waals surface area (Å²) in [6, 6.07) is 6.54. The highest BCUT2D eigenvalue weighted by molar-refractivity contribution is 7.10. The third-order valence-corrected chi connectivity index (χ3v) is 7.24. The molecule has 0 unspecified atom stereocenters. The average Bonchev–Trinajstić information content (AvgIpc) is 3.05. The van der Waals surface area contributed by atoms with Gasteiger partial charge in [0.15, 0.2) is 0 Å². The highest BCUT2D eigenvalue weighted by atomic mass is 32.1. The Bertz CT molecular complexity index is 911. The quantitative estimate of drug-likeness (QED) is 0.704. The SMILES string of the molecule is Cn1cc([C@@H]2C[C@@H]2C(=O)N2CCc3sccc3[C@H]2c2cccs2)cn1. The first-order valence-electron chi connectivity index (χ1n) is 8.61. The van der Waals surface area contributed by atoms with E-state index in [-0.39, 0.29) is 12.0 Å². The molecule has 3 atom stereocenters. The van der Waals surface area contributed by atoms with E-state index in [0.717, 1.165) is 19.4 Å². The van der Waals surface area contributed by atoms with E-state index in [1.807, 2.05) is 35.5 Å². The molecular formula is C19H19N3OS2. The van der Waals surface area contributed by atoms with Gasteiger partial charge < -0.3 is 4.90 Å². The fraction of sp³-hybridized carbons (Fsp3) is 0.368. The number of hydrogen-bond donors (Lipinski definition) is 0. The zero-order valence-corrected chi connectivity index (χ0v) is 15.6. The molecule has 128 valence electrons. The van der Waals surface area contributed by atoms with Crippen molar-refractivity contribution < 1.29 is 4.79 Å². The van der Waals surface area contributed by atoms with Gasteiger partial charge in [0.1, 0.15) is 0 Å². The van der Waals surface area contributed by atoms with E-state index in [1.54, 1.807) is 11.3 Å². The largest absolute Gasteiger partial charge is 0.330 e. The van der Waals surface area contributed by atoms with Crippen molar-refractivity contribution in [2.45, 2.75) is 24.8 Å². The maximum Gasteiger partial charge on any atom is 0.227 e. The molecule has 3 aromatic rings. The second kappa shape index (κ2) is 5.81. The van der Waals surface area contributed by atoms with Crippen LogP contribution in [-0.2, 0) is 18.3 Å². The van der Waals surface area contributed by atoms with Crippen LogP contribution in [0.1, 0.15) is 39.3 Å². The van der Waals surface area contributed by atoms with Crippen LogP contribution >= 0.6 is 22.7 Å². The molecule has 0 spiro atoms. The number of rotatable bonds is 3. The zero-order chi connectivity index (χ0) is 17.0. The number of aryl methyl sites for hydroxylation is 1. The smallest absolute Gasteiger partial charge is 0.227 e. The first kappa shape index (κ1) is 15.3. The molecule has 4 nitrogen and oxygen atoms in total. The number of nitrogens with zero attached hydrogens (tertiary/aromatic N) is 3. The minimum Gasteiger partial charge on any atom is -0.330 e.